The molecule has 98 valence electrons. The zero-order chi connectivity index (χ0) is 13.8. The number of nitrogen functional groups attached to an aromatic ring is 1. The third-order valence-electron chi connectivity index (χ3n) is 2.69. The van der Waals surface area contributed by atoms with E-state index in [4.69, 9.17) is 5.73 Å². The molecule has 19 heavy (non-hydrogen) atoms. The van der Waals surface area contributed by atoms with Crippen molar-refractivity contribution in [1.29, 1.82) is 0 Å². The summed E-state index contributed by atoms with van der Waals surface area (Å²) < 4.78 is 12.7. The van der Waals surface area contributed by atoms with Crippen LogP contribution >= 0.6 is 0 Å². The van der Waals surface area contributed by atoms with E-state index in [1.807, 2.05) is 12.1 Å². The predicted octanol–water partition coefficient (Wildman–Crippen LogP) is 2.08. The van der Waals surface area contributed by atoms with Crippen LogP contribution in [0.1, 0.15) is 16.1 Å². The molecule has 0 fully saturated rings. The highest BCUT2D eigenvalue weighted by Crippen LogP contribution is 2.10. The van der Waals surface area contributed by atoms with Crippen LogP contribution in [0.25, 0.3) is 0 Å². The first-order chi connectivity index (χ1) is 9.06. The van der Waals surface area contributed by atoms with Crippen molar-refractivity contribution < 1.29 is 9.18 Å². The van der Waals surface area contributed by atoms with Crippen LogP contribution < -0.4 is 5.73 Å². The normalized spacial score (nSPS) is 10.2. The number of pyridine rings is 1. The zero-order valence-corrected chi connectivity index (χ0v) is 10.5. The maximum absolute atomic E-state index is 12.7. The molecule has 0 aliphatic heterocycles. The average molecular weight is 259 g/mol. The Morgan fingerprint density at radius 3 is 2.53 bits per heavy atom. The number of benzene rings is 1. The molecule has 0 unspecified atom stereocenters. The molecule has 0 atom stereocenters. The Balaban J connectivity index is 2.07. The molecular formula is C14H14FN3O. The zero-order valence-electron chi connectivity index (χ0n) is 10.5. The van der Waals surface area contributed by atoms with E-state index in [0.717, 1.165) is 11.8 Å². The van der Waals surface area contributed by atoms with Crippen molar-refractivity contribution in [2.24, 2.45) is 0 Å². The van der Waals surface area contributed by atoms with Crippen LogP contribution in [0.2, 0.25) is 0 Å². The molecule has 2 aromatic rings. The van der Waals surface area contributed by atoms with E-state index in [-0.39, 0.29) is 11.6 Å². The number of aromatic nitrogens is 1. The fourth-order valence-corrected chi connectivity index (χ4v) is 1.67. The van der Waals surface area contributed by atoms with Gasteiger partial charge in [0.2, 0.25) is 0 Å². The Labute approximate surface area is 110 Å². The minimum atomic E-state index is -0.460. The molecule has 0 bridgehead atoms. The van der Waals surface area contributed by atoms with E-state index in [9.17, 15) is 9.18 Å². The molecular weight excluding hydrogens is 245 g/mol. The number of hydrogen-bond donors (Lipinski definition) is 1. The molecule has 0 saturated carbocycles. The van der Waals surface area contributed by atoms with E-state index in [0.29, 0.717) is 12.2 Å². The first-order valence-electron chi connectivity index (χ1n) is 5.77. The second-order valence-electron chi connectivity index (χ2n) is 4.26. The predicted molar refractivity (Wildman–Crippen MR) is 70.8 cm³/mol. The highest BCUT2D eigenvalue weighted by atomic mass is 19.1. The smallest absolute Gasteiger partial charge is 0.272 e. The summed E-state index contributed by atoms with van der Waals surface area (Å²) in [7, 11) is 1.67. The lowest BCUT2D eigenvalue weighted by atomic mass is 10.2. The van der Waals surface area contributed by atoms with Gasteiger partial charge >= 0.3 is 0 Å². The molecule has 2 rings (SSSR count). The Kier molecular flexibility index (Phi) is 3.75. The van der Waals surface area contributed by atoms with E-state index >= 15 is 0 Å². The standard InChI is InChI=1S/C14H14FN3O/c1-18(9-10-2-5-12(16)6-3-10)14(19)13-7-4-11(15)8-17-13/h2-8H,9,16H2,1H3. The van der Waals surface area contributed by atoms with E-state index in [2.05, 4.69) is 4.98 Å². The summed E-state index contributed by atoms with van der Waals surface area (Å²) >= 11 is 0. The number of anilines is 1. The van der Waals surface area contributed by atoms with Crippen molar-refractivity contribution in [3.8, 4) is 0 Å². The number of carbonyl (C=O) groups excluding carboxylic acids is 1. The van der Waals surface area contributed by atoms with Crippen molar-refractivity contribution in [3.05, 3.63) is 59.7 Å². The summed E-state index contributed by atoms with van der Waals surface area (Å²) in [6.45, 7) is 0.443. The molecule has 5 heteroatoms. The summed E-state index contributed by atoms with van der Waals surface area (Å²) in [5.41, 5.74) is 7.46. The van der Waals surface area contributed by atoms with Crippen LogP contribution in [-0.2, 0) is 6.54 Å². The largest absolute Gasteiger partial charge is 0.399 e. The minimum absolute atomic E-state index is 0.222. The molecule has 0 saturated heterocycles. The highest BCUT2D eigenvalue weighted by molar-refractivity contribution is 5.92. The van der Waals surface area contributed by atoms with E-state index < -0.39 is 5.82 Å². The Bertz CT molecular complexity index is 566. The van der Waals surface area contributed by atoms with Crippen molar-refractivity contribution >= 4 is 11.6 Å². The molecule has 0 radical (unpaired) electrons. The van der Waals surface area contributed by atoms with Crippen molar-refractivity contribution in [3.63, 3.8) is 0 Å². The molecule has 0 spiro atoms. The molecule has 1 aromatic heterocycles. The van der Waals surface area contributed by atoms with E-state index in [1.54, 1.807) is 19.2 Å². The van der Waals surface area contributed by atoms with Crippen LogP contribution in [-0.4, -0.2) is 22.8 Å². The number of halogens is 1. The maximum atomic E-state index is 12.7. The SMILES string of the molecule is CN(Cc1ccc(N)cc1)C(=O)c1ccc(F)cn1. The van der Waals surface area contributed by atoms with Crippen molar-refractivity contribution in [2.75, 3.05) is 12.8 Å². The number of amides is 1. The number of nitrogens with zero attached hydrogens (tertiary/aromatic N) is 2. The van der Waals surface area contributed by atoms with Gasteiger partial charge in [0.25, 0.3) is 5.91 Å². The lowest BCUT2D eigenvalue weighted by molar-refractivity contribution is 0.0779. The molecule has 2 N–H and O–H groups in total. The minimum Gasteiger partial charge on any atom is -0.399 e. The number of rotatable bonds is 3. The van der Waals surface area contributed by atoms with Gasteiger partial charge in [0.05, 0.1) is 6.20 Å². The third-order valence-corrected chi connectivity index (χ3v) is 2.69. The van der Waals surface area contributed by atoms with Crippen molar-refractivity contribution in [1.82, 2.24) is 9.88 Å². The third kappa shape index (κ3) is 3.28. The fourth-order valence-electron chi connectivity index (χ4n) is 1.67. The maximum Gasteiger partial charge on any atom is 0.272 e. The van der Waals surface area contributed by atoms with Gasteiger partial charge in [-0.05, 0) is 29.8 Å². The Morgan fingerprint density at radius 1 is 1.26 bits per heavy atom. The molecule has 0 aliphatic carbocycles. The monoisotopic (exact) mass is 259 g/mol. The van der Waals surface area contributed by atoms with Crippen molar-refractivity contribution in [2.45, 2.75) is 6.54 Å². The lowest BCUT2D eigenvalue weighted by Crippen LogP contribution is -2.27. The summed E-state index contributed by atoms with van der Waals surface area (Å²) in [6, 6.07) is 9.87. The molecule has 0 aliphatic rings. The second-order valence-corrected chi connectivity index (χ2v) is 4.26. The van der Waals surface area contributed by atoms with Gasteiger partial charge in [-0.25, -0.2) is 9.37 Å². The van der Waals surface area contributed by atoms with Gasteiger partial charge in [-0.15, -0.1) is 0 Å². The number of carbonyl (C=O) groups is 1. The average Bonchev–Trinajstić information content (AvgIpc) is 2.41. The number of nitrogens with two attached hydrogens (primary N) is 1. The highest BCUT2D eigenvalue weighted by Gasteiger charge is 2.13. The first-order valence-corrected chi connectivity index (χ1v) is 5.77. The van der Waals surface area contributed by atoms with Crippen LogP contribution in [0, 0.1) is 5.82 Å². The molecule has 1 amide bonds. The molecule has 4 nitrogen and oxygen atoms in total. The second kappa shape index (κ2) is 5.48. The summed E-state index contributed by atoms with van der Waals surface area (Å²) in [6.07, 6.45) is 1.03. The van der Waals surface area contributed by atoms with Crippen LogP contribution in [0.15, 0.2) is 42.6 Å². The molecule has 1 heterocycles. The lowest BCUT2D eigenvalue weighted by Gasteiger charge is -2.16. The van der Waals surface area contributed by atoms with Crippen LogP contribution in [0.4, 0.5) is 10.1 Å². The van der Waals surface area contributed by atoms with Gasteiger partial charge in [-0.2, -0.15) is 0 Å². The quantitative estimate of drug-likeness (QED) is 0.858. The summed E-state index contributed by atoms with van der Waals surface area (Å²) in [5, 5.41) is 0. The Morgan fingerprint density at radius 2 is 1.95 bits per heavy atom. The number of hydrogen-bond acceptors (Lipinski definition) is 3. The summed E-state index contributed by atoms with van der Waals surface area (Å²) in [4.78, 5) is 17.3. The van der Waals surface area contributed by atoms with Crippen LogP contribution in [0.5, 0.6) is 0 Å². The van der Waals surface area contributed by atoms with Gasteiger partial charge < -0.3 is 10.6 Å². The van der Waals surface area contributed by atoms with E-state index in [1.165, 1.54) is 17.0 Å². The van der Waals surface area contributed by atoms with Gasteiger partial charge in [0, 0.05) is 19.3 Å². The van der Waals surface area contributed by atoms with Gasteiger partial charge in [-0.3, -0.25) is 4.79 Å². The topological polar surface area (TPSA) is 59.2 Å². The first kappa shape index (κ1) is 13.0. The fraction of sp³-hybridized carbons (Fsp3) is 0.143. The molecule has 1 aromatic carbocycles. The Hall–Kier alpha value is -2.43. The summed E-state index contributed by atoms with van der Waals surface area (Å²) in [5.74, 6) is -0.713. The van der Waals surface area contributed by atoms with Gasteiger partial charge in [-0.1, -0.05) is 12.1 Å². The van der Waals surface area contributed by atoms with Gasteiger partial charge in [0.15, 0.2) is 0 Å². The van der Waals surface area contributed by atoms with Crippen LogP contribution in [0.3, 0.4) is 0 Å². The van der Waals surface area contributed by atoms with Gasteiger partial charge in [0.1, 0.15) is 11.5 Å².